The Morgan fingerprint density at radius 3 is 2.64 bits per heavy atom. The topological polar surface area (TPSA) is 138 Å². The summed E-state index contributed by atoms with van der Waals surface area (Å²) in [5.41, 5.74) is -1.43. The van der Waals surface area contributed by atoms with E-state index in [0.29, 0.717) is 11.1 Å². The van der Waals surface area contributed by atoms with E-state index in [1.54, 1.807) is 0 Å². The van der Waals surface area contributed by atoms with Gasteiger partial charge < -0.3 is 24.9 Å². The number of ether oxygens (including phenoxy) is 2. The molecule has 0 aliphatic carbocycles. The van der Waals surface area contributed by atoms with Crippen molar-refractivity contribution in [3.8, 4) is 11.3 Å². The lowest BCUT2D eigenvalue weighted by Crippen LogP contribution is -2.33. The van der Waals surface area contributed by atoms with Gasteiger partial charge in [0.15, 0.2) is 6.10 Å². The highest BCUT2D eigenvalue weighted by atomic mass is 19.4. The molecular weight excluding hydrogens is 487 g/mol. The molecule has 0 unspecified atom stereocenters. The van der Waals surface area contributed by atoms with E-state index in [9.17, 15) is 32.3 Å². The summed E-state index contributed by atoms with van der Waals surface area (Å²) in [5, 5.41) is 11.0. The third-order valence-electron chi connectivity index (χ3n) is 5.32. The number of nitrogens with one attached hydrogen (secondary N) is 2. The summed E-state index contributed by atoms with van der Waals surface area (Å²) in [4.78, 5) is 50.7. The van der Waals surface area contributed by atoms with Crippen LogP contribution in [0.2, 0.25) is 0 Å². The van der Waals surface area contributed by atoms with Gasteiger partial charge in [0.05, 0.1) is 12.1 Å². The van der Waals surface area contributed by atoms with Crippen molar-refractivity contribution < 1.29 is 42.1 Å². The first-order chi connectivity index (χ1) is 17.0. The molecule has 3 aromatic rings. The number of carbonyl (C=O) groups is 3. The lowest BCUT2D eigenvalue weighted by atomic mass is 10.0. The van der Waals surface area contributed by atoms with Gasteiger partial charge in [0.1, 0.15) is 13.2 Å². The number of aliphatic carboxylic acids is 1. The third-order valence-corrected chi connectivity index (χ3v) is 5.32. The van der Waals surface area contributed by atoms with E-state index in [-0.39, 0.29) is 29.8 Å². The fourth-order valence-electron chi connectivity index (χ4n) is 3.71. The van der Waals surface area contributed by atoms with Crippen LogP contribution < -0.4 is 15.8 Å². The van der Waals surface area contributed by atoms with Crippen LogP contribution in [0.25, 0.3) is 22.0 Å². The van der Waals surface area contributed by atoms with Crippen LogP contribution in [0.1, 0.15) is 5.56 Å². The van der Waals surface area contributed by atoms with Crippen molar-refractivity contribution in [2.24, 2.45) is 0 Å². The zero-order valence-electron chi connectivity index (χ0n) is 18.3. The number of alkyl carbamates (subject to hydrolysis) is 1. The molecule has 188 valence electrons. The van der Waals surface area contributed by atoms with Crippen molar-refractivity contribution in [1.29, 1.82) is 0 Å². The number of carbonyl (C=O) groups excluding carboxylic acids is 2. The minimum atomic E-state index is -4.61. The number of nitrogens with zero attached hydrogens (tertiary/aromatic N) is 1. The van der Waals surface area contributed by atoms with Crippen LogP contribution in [-0.4, -0.2) is 54.0 Å². The van der Waals surface area contributed by atoms with E-state index < -0.39 is 48.1 Å². The number of hydrogen-bond acceptors (Lipinski definition) is 6. The van der Waals surface area contributed by atoms with Crippen LogP contribution >= 0.6 is 0 Å². The molecule has 1 aliphatic rings. The molecule has 1 atom stereocenters. The third kappa shape index (κ3) is 5.24. The van der Waals surface area contributed by atoms with Gasteiger partial charge in [-0.2, -0.15) is 13.2 Å². The standard InChI is InChI=1S/C23H18F3N3O7/c24-23(25,26)17-4-2-1-3-15(17)18-7-12-5-6-13(8-16(12)20(32)28-18)29-10-14(36-22(29)34)11-35-21(33)27-9-19(30)31/h1-8,14H,9-11H2,(H,27,33)(H,28,32)(H,30,31)/t14-/m1/s1. The molecule has 36 heavy (non-hydrogen) atoms. The largest absolute Gasteiger partial charge is 0.480 e. The first-order valence-corrected chi connectivity index (χ1v) is 10.5. The van der Waals surface area contributed by atoms with Gasteiger partial charge in [0.2, 0.25) is 0 Å². The molecule has 2 aromatic carbocycles. The molecule has 1 fully saturated rings. The summed E-state index contributed by atoms with van der Waals surface area (Å²) < 4.78 is 50.2. The highest BCUT2D eigenvalue weighted by Gasteiger charge is 2.35. The Morgan fingerprint density at radius 1 is 1.17 bits per heavy atom. The molecule has 1 aliphatic heterocycles. The number of rotatable bonds is 6. The maximum absolute atomic E-state index is 13.4. The molecule has 1 saturated heterocycles. The second kappa shape index (κ2) is 9.60. The fourth-order valence-corrected chi connectivity index (χ4v) is 3.71. The normalized spacial score (nSPS) is 15.6. The van der Waals surface area contributed by atoms with Crippen LogP contribution in [0.3, 0.4) is 0 Å². The monoisotopic (exact) mass is 505 g/mol. The van der Waals surface area contributed by atoms with Gasteiger partial charge in [-0.3, -0.25) is 14.5 Å². The molecule has 0 saturated carbocycles. The predicted octanol–water partition coefficient (Wildman–Crippen LogP) is 3.35. The van der Waals surface area contributed by atoms with Gasteiger partial charge in [-0.15, -0.1) is 0 Å². The summed E-state index contributed by atoms with van der Waals surface area (Å²) in [7, 11) is 0. The minimum absolute atomic E-state index is 0.00727. The number of halogens is 3. The Bertz CT molecular complexity index is 1400. The number of carboxylic acid groups (broad SMARTS) is 1. The zero-order chi connectivity index (χ0) is 26.0. The quantitative estimate of drug-likeness (QED) is 0.467. The average Bonchev–Trinajstić information content (AvgIpc) is 3.21. The summed E-state index contributed by atoms with van der Waals surface area (Å²) >= 11 is 0. The van der Waals surface area contributed by atoms with Crippen molar-refractivity contribution in [3.63, 3.8) is 0 Å². The van der Waals surface area contributed by atoms with E-state index in [1.807, 2.05) is 5.32 Å². The van der Waals surface area contributed by atoms with Gasteiger partial charge in [-0.1, -0.05) is 24.3 Å². The molecule has 10 nitrogen and oxygen atoms in total. The average molecular weight is 505 g/mol. The molecule has 2 heterocycles. The number of cyclic esters (lactones) is 1. The molecule has 0 radical (unpaired) electrons. The second-order valence-corrected chi connectivity index (χ2v) is 7.79. The highest BCUT2D eigenvalue weighted by Crippen LogP contribution is 2.36. The van der Waals surface area contributed by atoms with E-state index in [2.05, 4.69) is 4.98 Å². The smallest absolute Gasteiger partial charge is 0.417 e. The van der Waals surface area contributed by atoms with Gasteiger partial charge >= 0.3 is 24.3 Å². The van der Waals surface area contributed by atoms with Gasteiger partial charge in [-0.25, -0.2) is 9.59 Å². The summed E-state index contributed by atoms with van der Waals surface area (Å²) in [6.45, 7) is -0.986. The van der Waals surface area contributed by atoms with Crippen molar-refractivity contribution in [2.45, 2.75) is 12.3 Å². The van der Waals surface area contributed by atoms with Crippen molar-refractivity contribution in [3.05, 3.63) is 64.4 Å². The van der Waals surface area contributed by atoms with Gasteiger partial charge in [0, 0.05) is 22.3 Å². The summed E-state index contributed by atoms with van der Waals surface area (Å²) in [5.74, 6) is -1.26. The van der Waals surface area contributed by atoms with Crippen LogP contribution in [-0.2, 0) is 20.4 Å². The summed E-state index contributed by atoms with van der Waals surface area (Å²) in [6, 6.07) is 10.7. The van der Waals surface area contributed by atoms with E-state index in [0.717, 1.165) is 6.07 Å². The molecule has 1 aromatic heterocycles. The minimum Gasteiger partial charge on any atom is -0.480 e. The number of fused-ring (bicyclic) bond motifs is 1. The molecule has 2 amide bonds. The zero-order valence-corrected chi connectivity index (χ0v) is 18.3. The number of amides is 2. The number of carboxylic acids is 1. The number of pyridine rings is 1. The Morgan fingerprint density at radius 2 is 1.92 bits per heavy atom. The Labute approximate surface area is 200 Å². The number of aromatic nitrogens is 1. The number of aromatic amines is 1. The number of hydrogen-bond donors (Lipinski definition) is 3. The number of benzene rings is 2. The summed E-state index contributed by atoms with van der Waals surface area (Å²) in [6.07, 6.45) is -7.21. The van der Waals surface area contributed by atoms with Gasteiger partial charge in [0.25, 0.3) is 5.56 Å². The lowest BCUT2D eigenvalue weighted by molar-refractivity contribution is -0.137. The second-order valence-electron chi connectivity index (χ2n) is 7.79. The SMILES string of the molecule is O=C(O)CNC(=O)OC[C@H]1CN(c2ccc3cc(-c4ccccc4C(F)(F)F)[nH]c(=O)c3c2)C(=O)O1. The number of H-pyrrole nitrogens is 1. The molecule has 3 N–H and O–H groups in total. The highest BCUT2D eigenvalue weighted by molar-refractivity contribution is 5.95. The number of anilines is 1. The molecule has 0 bridgehead atoms. The van der Waals surface area contributed by atoms with E-state index >= 15 is 0 Å². The lowest BCUT2D eigenvalue weighted by Gasteiger charge is -2.15. The first-order valence-electron chi connectivity index (χ1n) is 10.5. The maximum atomic E-state index is 13.4. The van der Waals surface area contributed by atoms with E-state index in [1.165, 1.54) is 47.4 Å². The van der Waals surface area contributed by atoms with Crippen LogP contribution in [0.5, 0.6) is 0 Å². The fraction of sp³-hybridized carbons (Fsp3) is 0.217. The predicted molar refractivity (Wildman–Crippen MR) is 120 cm³/mol. The maximum Gasteiger partial charge on any atom is 0.417 e. The van der Waals surface area contributed by atoms with Crippen molar-refractivity contribution >= 4 is 34.6 Å². The van der Waals surface area contributed by atoms with Gasteiger partial charge in [-0.05, 0) is 29.7 Å². The molecule has 4 rings (SSSR count). The molecule has 0 spiro atoms. The van der Waals surface area contributed by atoms with Crippen LogP contribution in [0, 0.1) is 0 Å². The molecule has 13 heteroatoms. The van der Waals surface area contributed by atoms with Crippen molar-refractivity contribution in [1.82, 2.24) is 10.3 Å². The number of alkyl halides is 3. The molecular formula is C23H18F3N3O7. The Hall–Kier alpha value is -4.55. The first kappa shape index (κ1) is 24.6. The van der Waals surface area contributed by atoms with Crippen LogP contribution in [0.15, 0.2) is 53.3 Å². The Balaban J connectivity index is 1.54. The van der Waals surface area contributed by atoms with Crippen LogP contribution in [0.4, 0.5) is 28.4 Å². The Kier molecular flexibility index (Phi) is 6.55. The van der Waals surface area contributed by atoms with E-state index in [4.69, 9.17) is 14.6 Å². The van der Waals surface area contributed by atoms with Crippen molar-refractivity contribution in [2.75, 3.05) is 24.6 Å².